The molecule has 0 spiro atoms. The molecule has 1 amide bonds. The lowest BCUT2D eigenvalue weighted by Gasteiger charge is -2.14. The van der Waals surface area contributed by atoms with E-state index in [1.54, 1.807) is 24.3 Å². The van der Waals surface area contributed by atoms with Gasteiger partial charge in [-0.25, -0.2) is 0 Å². The van der Waals surface area contributed by atoms with Gasteiger partial charge >= 0.3 is 0 Å². The van der Waals surface area contributed by atoms with Crippen molar-refractivity contribution in [3.8, 4) is 0 Å². The lowest BCUT2D eigenvalue weighted by atomic mass is 10.2. The Morgan fingerprint density at radius 1 is 1.13 bits per heavy atom. The predicted octanol–water partition coefficient (Wildman–Crippen LogP) is 6.16. The highest BCUT2D eigenvalue weighted by molar-refractivity contribution is 9.10. The molecule has 7 heteroatoms. The van der Waals surface area contributed by atoms with Crippen molar-refractivity contribution in [2.75, 3.05) is 4.90 Å². The molecular formula is C16H8BrCl2NOS2. The maximum atomic E-state index is 12.7. The van der Waals surface area contributed by atoms with E-state index < -0.39 is 0 Å². The average molecular weight is 445 g/mol. The van der Waals surface area contributed by atoms with Crippen LogP contribution in [0.2, 0.25) is 10.0 Å². The first kappa shape index (κ1) is 17.0. The molecule has 1 heterocycles. The second kappa shape index (κ2) is 6.95. The van der Waals surface area contributed by atoms with Crippen molar-refractivity contribution in [3.63, 3.8) is 0 Å². The van der Waals surface area contributed by atoms with E-state index in [1.807, 2.05) is 24.3 Å². The number of nitrogens with zero attached hydrogens (tertiary/aromatic N) is 1. The molecule has 1 aliphatic heterocycles. The van der Waals surface area contributed by atoms with Gasteiger partial charge < -0.3 is 0 Å². The Kier molecular flexibility index (Phi) is 5.13. The second-order valence-electron chi connectivity index (χ2n) is 4.63. The van der Waals surface area contributed by atoms with E-state index in [4.69, 9.17) is 35.4 Å². The van der Waals surface area contributed by atoms with Crippen molar-refractivity contribution in [1.82, 2.24) is 0 Å². The van der Waals surface area contributed by atoms with Crippen molar-refractivity contribution in [3.05, 3.63) is 67.5 Å². The Morgan fingerprint density at radius 3 is 2.43 bits per heavy atom. The molecule has 116 valence electrons. The number of carbonyl (C=O) groups excluding carboxylic acids is 1. The fourth-order valence-electron chi connectivity index (χ4n) is 2.09. The monoisotopic (exact) mass is 443 g/mol. The molecule has 1 aliphatic rings. The van der Waals surface area contributed by atoms with Crippen molar-refractivity contribution in [2.45, 2.75) is 0 Å². The van der Waals surface area contributed by atoms with Gasteiger partial charge in [-0.05, 0) is 36.4 Å². The molecule has 0 bridgehead atoms. The summed E-state index contributed by atoms with van der Waals surface area (Å²) in [4.78, 5) is 14.7. The lowest BCUT2D eigenvalue weighted by Crippen LogP contribution is -2.27. The van der Waals surface area contributed by atoms with Crippen LogP contribution in [-0.2, 0) is 4.79 Å². The maximum absolute atomic E-state index is 12.7. The second-order valence-corrected chi connectivity index (χ2v) is 8.04. The molecule has 23 heavy (non-hydrogen) atoms. The third-order valence-corrected chi connectivity index (χ3v) is 5.59. The Labute approximate surface area is 161 Å². The van der Waals surface area contributed by atoms with Crippen LogP contribution in [0.4, 0.5) is 5.69 Å². The van der Waals surface area contributed by atoms with Crippen LogP contribution in [0.3, 0.4) is 0 Å². The molecule has 1 fully saturated rings. The molecule has 2 nitrogen and oxygen atoms in total. The van der Waals surface area contributed by atoms with E-state index in [2.05, 4.69) is 15.9 Å². The number of benzene rings is 2. The zero-order chi connectivity index (χ0) is 16.6. The summed E-state index contributed by atoms with van der Waals surface area (Å²) < 4.78 is 1.35. The van der Waals surface area contributed by atoms with Gasteiger partial charge in [-0.3, -0.25) is 9.69 Å². The number of carbonyl (C=O) groups is 1. The molecule has 0 saturated carbocycles. The molecule has 0 aromatic heterocycles. The highest BCUT2D eigenvalue weighted by Crippen LogP contribution is 2.38. The highest BCUT2D eigenvalue weighted by Gasteiger charge is 2.33. The number of hydrogen-bond donors (Lipinski definition) is 0. The SMILES string of the molecule is O=C1C(=Cc2c(Cl)cccc2Cl)SC(=S)N1c1cccc(Br)c1. The quantitative estimate of drug-likeness (QED) is 0.408. The molecule has 2 aromatic carbocycles. The molecule has 0 atom stereocenters. The molecule has 1 saturated heterocycles. The third-order valence-electron chi connectivity index (χ3n) is 3.14. The summed E-state index contributed by atoms with van der Waals surface area (Å²) >= 11 is 22.3. The number of anilines is 1. The summed E-state index contributed by atoms with van der Waals surface area (Å²) in [5.41, 5.74) is 1.33. The summed E-state index contributed by atoms with van der Waals surface area (Å²) in [5.74, 6) is -0.186. The minimum Gasteiger partial charge on any atom is -0.268 e. The molecule has 0 unspecified atom stereocenters. The molecule has 3 rings (SSSR count). The van der Waals surface area contributed by atoms with Crippen molar-refractivity contribution >= 4 is 85.1 Å². The number of halogens is 3. The van der Waals surface area contributed by atoms with E-state index in [0.717, 1.165) is 10.2 Å². The topological polar surface area (TPSA) is 20.3 Å². The van der Waals surface area contributed by atoms with Gasteiger partial charge in [0.05, 0.1) is 10.6 Å². The van der Waals surface area contributed by atoms with E-state index in [9.17, 15) is 4.79 Å². The van der Waals surface area contributed by atoms with Crippen LogP contribution in [0.25, 0.3) is 6.08 Å². The Balaban J connectivity index is 2.00. The van der Waals surface area contributed by atoms with E-state index in [0.29, 0.717) is 24.8 Å². The molecule has 0 N–H and O–H groups in total. The van der Waals surface area contributed by atoms with Crippen molar-refractivity contribution < 1.29 is 4.79 Å². The Bertz CT molecular complexity index is 833. The van der Waals surface area contributed by atoms with Gasteiger partial charge in [-0.1, -0.05) is 75.2 Å². The zero-order valence-electron chi connectivity index (χ0n) is 11.4. The third kappa shape index (κ3) is 3.49. The Morgan fingerprint density at radius 2 is 1.78 bits per heavy atom. The number of thiocarbonyl (C=S) groups is 1. The molecular weight excluding hydrogens is 437 g/mol. The van der Waals surface area contributed by atoms with Crippen molar-refractivity contribution in [2.24, 2.45) is 0 Å². The first-order valence-electron chi connectivity index (χ1n) is 6.45. The summed E-state index contributed by atoms with van der Waals surface area (Å²) in [5, 5.41) is 0.982. The smallest absolute Gasteiger partial charge is 0.268 e. The number of thioether (sulfide) groups is 1. The van der Waals surface area contributed by atoms with E-state index in [1.165, 1.54) is 16.7 Å². The number of rotatable bonds is 2. The minimum absolute atomic E-state index is 0.186. The summed E-state index contributed by atoms with van der Waals surface area (Å²) in [6.07, 6.45) is 1.68. The van der Waals surface area contributed by atoms with Gasteiger partial charge in [0.1, 0.15) is 0 Å². The van der Waals surface area contributed by atoms with Gasteiger partial charge in [0.15, 0.2) is 4.32 Å². The van der Waals surface area contributed by atoms with Crippen LogP contribution < -0.4 is 4.90 Å². The van der Waals surface area contributed by atoms with Crippen LogP contribution in [0.1, 0.15) is 5.56 Å². The van der Waals surface area contributed by atoms with Gasteiger partial charge in [0, 0.05) is 20.1 Å². The number of hydrogen-bond acceptors (Lipinski definition) is 3. The fraction of sp³-hybridized carbons (Fsp3) is 0. The van der Waals surface area contributed by atoms with Crippen LogP contribution in [0, 0.1) is 0 Å². The van der Waals surface area contributed by atoms with Gasteiger partial charge in [0.2, 0.25) is 0 Å². The largest absolute Gasteiger partial charge is 0.270 e. The molecule has 2 aromatic rings. The fourth-order valence-corrected chi connectivity index (χ4v) is 4.26. The summed E-state index contributed by atoms with van der Waals surface area (Å²) in [6.45, 7) is 0. The standard InChI is InChI=1S/C16H8BrCl2NOS2/c17-9-3-1-4-10(7-9)20-15(21)14(23-16(20)22)8-11-12(18)5-2-6-13(11)19/h1-8H. The van der Waals surface area contributed by atoms with Gasteiger partial charge in [0.25, 0.3) is 5.91 Å². The Hall–Kier alpha value is -0.850. The van der Waals surface area contributed by atoms with E-state index in [-0.39, 0.29) is 5.91 Å². The maximum Gasteiger partial charge on any atom is 0.270 e. The zero-order valence-corrected chi connectivity index (χ0v) is 16.2. The van der Waals surface area contributed by atoms with Gasteiger partial charge in [-0.15, -0.1) is 0 Å². The first-order valence-corrected chi connectivity index (χ1v) is 9.22. The van der Waals surface area contributed by atoms with E-state index >= 15 is 0 Å². The van der Waals surface area contributed by atoms with Crippen LogP contribution in [0.5, 0.6) is 0 Å². The average Bonchev–Trinajstić information content (AvgIpc) is 2.77. The minimum atomic E-state index is -0.186. The predicted molar refractivity (Wildman–Crippen MR) is 106 cm³/mol. The van der Waals surface area contributed by atoms with Crippen molar-refractivity contribution in [1.29, 1.82) is 0 Å². The van der Waals surface area contributed by atoms with Crippen LogP contribution in [-0.4, -0.2) is 10.2 Å². The summed E-state index contributed by atoms with van der Waals surface area (Å²) in [6, 6.07) is 12.6. The molecule has 0 radical (unpaired) electrons. The van der Waals surface area contributed by atoms with Crippen LogP contribution in [0.15, 0.2) is 51.8 Å². The highest BCUT2D eigenvalue weighted by atomic mass is 79.9. The summed E-state index contributed by atoms with van der Waals surface area (Å²) in [7, 11) is 0. The number of amides is 1. The normalized spacial score (nSPS) is 16.5. The first-order chi connectivity index (χ1) is 11.0. The lowest BCUT2D eigenvalue weighted by molar-refractivity contribution is -0.113. The van der Waals surface area contributed by atoms with Gasteiger partial charge in [-0.2, -0.15) is 0 Å². The molecule has 0 aliphatic carbocycles. The van der Waals surface area contributed by atoms with Crippen LogP contribution >= 0.6 is 63.1 Å².